The molecule has 0 bridgehead atoms. The molecule has 7 nitrogen and oxygen atoms in total. The topological polar surface area (TPSA) is 104 Å². The molecule has 0 unspecified atom stereocenters. The molecule has 2 heterocycles. The third kappa shape index (κ3) is 4.08. The standard InChI is InChI=1S/C30H43N3O4/c1-28-12-7-22(33-27(35)32-21-10-15-31-16-11-21)17-20(28)4-5-25-24(28)8-13-29(2)23(9-14-30(25,29)36)19-3-6-26(34)37-18-19/h3,6,17-18,21-25,31,36H,4-5,7-16H2,1-2H3,(H2,32,33,35)/t22-,23+,24-,25+,28-,29+,30-/m0/s1. The maximum Gasteiger partial charge on any atom is 0.335 e. The van der Waals surface area contributed by atoms with E-state index in [1.807, 2.05) is 6.07 Å². The number of fused-ring (bicyclic) bond motifs is 5. The van der Waals surface area contributed by atoms with Gasteiger partial charge in [-0.25, -0.2) is 9.59 Å². The first-order valence-electron chi connectivity index (χ1n) is 14.5. The number of allylic oxidation sites excluding steroid dienone is 1. The van der Waals surface area contributed by atoms with Gasteiger partial charge in [-0.15, -0.1) is 0 Å². The summed E-state index contributed by atoms with van der Waals surface area (Å²) in [4.78, 5) is 24.2. The summed E-state index contributed by atoms with van der Waals surface area (Å²) in [5, 5.41) is 22.2. The Balaban J connectivity index is 1.18. The van der Waals surface area contributed by atoms with Crippen LogP contribution in [0.3, 0.4) is 0 Å². The van der Waals surface area contributed by atoms with Gasteiger partial charge >= 0.3 is 11.7 Å². The van der Waals surface area contributed by atoms with Crippen molar-refractivity contribution in [3.63, 3.8) is 0 Å². The van der Waals surface area contributed by atoms with Gasteiger partial charge in [-0.2, -0.15) is 0 Å². The number of aliphatic hydroxyl groups is 1. The summed E-state index contributed by atoms with van der Waals surface area (Å²) in [6, 6.07) is 3.72. The third-order valence-electron chi connectivity index (χ3n) is 11.4. The van der Waals surface area contributed by atoms with Crippen LogP contribution in [0.1, 0.15) is 89.5 Å². The maximum absolute atomic E-state index is 12.7. The zero-order valence-electron chi connectivity index (χ0n) is 22.4. The Morgan fingerprint density at radius 3 is 2.57 bits per heavy atom. The van der Waals surface area contributed by atoms with Crippen LogP contribution in [0.4, 0.5) is 4.79 Å². The van der Waals surface area contributed by atoms with E-state index in [-0.39, 0.29) is 46.4 Å². The molecular formula is C30H43N3O4. The molecule has 1 aromatic heterocycles. The molecule has 1 aromatic rings. The summed E-state index contributed by atoms with van der Waals surface area (Å²) >= 11 is 0. The molecule has 4 N–H and O–H groups in total. The van der Waals surface area contributed by atoms with Crippen molar-refractivity contribution < 1.29 is 14.3 Å². The molecule has 5 aliphatic rings. The average molecular weight is 510 g/mol. The van der Waals surface area contributed by atoms with Crippen LogP contribution in [-0.4, -0.2) is 41.9 Å². The summed E-state index contributed by atoms with van der Waals surface area (Å²) in [6.07, 6.45) is 13.8. The number of urea groups is 1. The Morgan fingerprint density at radius 1 is 1.00 bits per heavy atom. The largest absolute Gasteiger partial charge is 0.431 e. The van der Waals surface area contributed by atoms with E-state index < -0.39 is 5.60 Å². The third-order valence-corrected chi connectivity index (χ3v) is 11.4. The molecule has 1 aliphatic heterocycles. The zero-order chi connectivity index (χ0) is 25.8. The van der Waals surface area contributed by atoms with Crippen molar-refractivity contribution in [1.82, 2.24) is 16.0 Å². The average Bonchev–Trinajstić information content (AvgIpc) is 3.16. The highest BCUT2D eigenvalue weighted by Crippen LogP contribution is 2.70. The Labute approximate surface area is 219 Å². The van der Waals surface area contributed by atoms with Crippen molar-refractivity contribution in [3.05, 3.63) is 46.0 Å². The SMILES string of the molecule is C[C@]12CC[C@H](NC(=O)NC3CCNCC3)C=C1CC[C@@H]1[C@@H]2CC[C@]2(C)[C@@H](c3ccc(=O)oc3)CC[C@]12O. The number of rotatable bonds is 3. The minimum atomic E-state index is -0.699. The molecule has 1 saturated heterocycles. The molecule has 4 aliphatic carbocycles. The van der Waals surface area contributed by atoms with Gasteiger partial charge in [-0.1, -0.05) is 25.5 Å². The van der Waals surface area contributed by atoms with Crippen molar-refractivity contribution >= 4 is 6.03 Å². The zero-order valence-corrected chi connectivity index (χ0v) is 22.4. The van der Waals surface area contributed by atoms with E-state index >= 15 is 0 Å². The molecule has 37 heavy (non-hydrogen) atoms. The second-order valence-electron chi connectivity index (χ2n) is 13.0. The van der Waals surface area contributed by atoms with Gasteiger partial charge in [0.05, 0.1) is 11.9 Å². The fraction of sp³-hybridized carbons (Fsp3) is 0.733. The smallest absolute Gasteiger partial charge is 0.335 e. The molecule has 6 rings (SSSR count). The van der Waals surface area contributed by atoms with E-state index in [0.717, 1.165) is 82.9 Å². The predicted molar refractivity (Wildman–Crippen MR) is 142 cm³/mol. The lowest BCUT2D eigenvalue weighted by atomic mass is 9.45. The molecule has 3 saturated carbocycles. The van der Waals surface area contributed by atoms with Gasteiger partial charge in [0.15, 0.2) is 0 Å². The van der Waals surface area contributed by atoms with Crippen LogP contribution in [0, 0.1) is 22.7 Å². The van der Waals surface area contributed by atoms with Gasteiger partial charge in [0.25, 0.3) is 0 Å². The van der Waals surface area contributed by atoms with Gasteiger partial charge in [0.1, 0.15) is 0 Å². The van der Waals surface area contributed by atoms with Crippen LogP contribution in [0.15, 0.2) is 39.3 Å². The summed E-state index contributed by atoms with van der Waals surface area (Å²) in [5.41, 5.74) is 1.39. The van der Waals surface area contributed by atoms with Crippen LogP contribution >= 0.6 is 0 Å². The van der Waals surface area contributed by atoms with E-state index in [1.165, 1.54) is 11.6 Å². The Hall–Kier alpha value is -2.12. The number of carbonyl (C=O) groups excluding carboxylic acids is 1. The van der Waals surface area contributed by atoms with Crippen molar-refractivity contribution in [2.45, 2.75) is 102 Å². The summed E-state index contributed by atoms with van der Waals surface area (Å²) in [5.74, 6) is 0.954. The minimum Gasteiger partial charge on any atom is -0.431 e. The van der Waals surface area contributed by atoms with Gasteiger partial charge in [-0.3, -0.25) is 0 Å². The Morgan fingerprint density at radius 2 is 1.81 bits per heavy atom. The Bertz CT molecular complexity index is 1110. The second kappa shape index (κ2) is 9.26. The number of hydrogen-bond acceptors (Lipinski definition) is 5. The predicted octanol–water partition coefficient (Wildman–Crippen LogP) is 4.22. The Kier molecular flexibility index (Phi) is 6.30. The van der Waals surface area contributed by atoms with Crippen molar-refractivity contribution in [2.24, 2.45) is 22.7 Å². The van der Waals surface area contributed by atoms with Gasteiger partial charge in [0.2, 0.25) is 0 Å². The monoisotopic (exact) mass is 509 g/mol. The van der Waals surface area contributed by atoms with Crippen LogP contribution in [0.2, 0.25) is 0 Å². The molecule has 0 spiro atoms. The first-order chi connectivity index (χ1) is 17.7. The molecule has 0 aromatic carbocycles. The second-order valence-corrected chi connectivity index (χ2v) is 13.0. The molecule has 4 fully saturated rings. The molecule has 7 atom stereocenters. The van der Waals surface area contributed by atoms with Gasteiger partial charge in [0, 0.05) is 23.6 Å². The molecule has 202 valence electrons. The number of hydrogen-bond donors (Lipinski definition) is 4. The first kappa shape index (κ1) is 25.2. The van der Waals surface area contributed by atoms with E-state index in [4.69, 9.17) is 4.42 Å². The molecule has 2 amide bonds. The molecule has 0 radical (unpaired) electrons. The number of nitrogens with one attached hydrogen (secondary N) is 3. The normalized spacial score (nSPS) is 41.6. The molecular weight excluding hydrogens is 466 g/mol. The van der Waals surface area contributed by atoms with Crippen molar-refractivity contribution in [1.29, 1.82) is 0 Å². The van der Waals surface area contributed by atoms with Crippen LogP contribution < -0.4 is 21.6 Å². The van der Waals surface area contributed by atoms with Crippen LogP contribution in [0.25, 0.3) is 0 Å². The maximum atomic E-state index is 12.7. The lowest BCUT2D eigenvalue weighted by molar-refractivity contribution is -0.177. The van der Waals surface area contributed by atoms with Gasteiger partial charge < -0.3 is 25.5 Å². The van der Waals surface area contributed by atoms with E-state index in [9.17, 15) is 14.7 Å². The van der Waals surface area contributed by atoms with E-state index in [0.29, 0.717) is 5.92 Å². The lowest BCUT2D eigenvalue weighted by Crippen LogP contribution is -2.60. The summed E-state index contributed by atoms with van der Waals surface area (Å²) < 4.78 is 5.22. The highest BCUT2D eigenvalue weighted by molar-refractivity contribution is 5.75. The van der Waals surface area contributed by atoms with Crippen molar-refractivity contribution in [3.8, 4) is 0 Å². The number of carbonyl (C=O) groups is 1. The molecule has 7 heteroatoms. The van der Waals surface area contributed by atoms with E-state index in [2.05, 4.69) is 35.9 Å². The van der Waals surface area contributed by atoms with Crippen molar-refractivity contribution in [2.75, 3.05) is 13.1 Å². The highest BCUT2D eigenvalue weighted by Gasteiger charge is 2.66. The highest BCUT2D eigenvalue weighted by atomic mass is 16.4. The van der Waals surface area contributed by atoms with Crippen LogP contribution in [-0.2, 0) is 0 Å². The fourth-order valence-corrected chi connectivity index (χ4v) is 9.27. The first-order valence-corrected chi connectivity index (χ1v) is 14.5. The summed E-state index contributed by atoms with van der Waals surface area (Å²) in [7, 11) is 0. The fourth-order valence-electron chi connectivity index (χ4n) is 9.27. The summed E-state index contributed by atoms with van der Waals surface area (Å²) in [6.45, 7) is 6.63. The minimum absolute atomic E-state index is 0.0393. The van der Waals surface area contributed by atoms with Gasteiger partial charge in [-0.05, 0) is 112 Å². The lowest BCUT2D eigenvalue weighted by Gasteiger charge is -2.62. The number of piperidine rings is 1. The number of amides is 2. The van der Waals surface area contributed by atoms with E-state index in [1.54, 1.807) is 6.26 Å². The van der Waals surface area contributed by atoms with Crippen LogP contribution in [0.5, 0.6) is 0 Å². The quantitative estimate of drug-likeness (QED) is 0.457.